The first-order valence-electron chi connectivity index (χ1n) is 5.33. The Labute approximate surface area is 105 Å². The van der Waals surface area contributed by atoms with Crippen molar-refractivity contribution in [1.82, 2.24) is 5.32 Å². The molecule has 1 unspecified atom stereocenters. The number of alkyl carbamates (subject to hydrolysis) is 1. The van der Waals surface area contributed by atoms with Gasteiger partial charge in [0.25, 0.3) is 0 Å². The van der Waals surface area contributed by atoms with Gasteiger partial charge in [-0.2, -0.15) is 0 Å². The second-order valence-electron chi connectivity index (χ2n) is 3.51. The molecule has 0 aliphatic rings. The van der Waals surface area contributed by atoms with E-state index in [-0.39, 0.29) is 13.2 Å². The van der Waals surface area contributed by atoms with Crippen LogP contribution in [0.2, 0.25) is 0 Å². The maximum absolute atomic E-state index is 11.3. The lowest BCUT2D eigenvalue weighted by Crippen LogP contribution is -2.38. The lowest BCUT2D eigenvalue weighted by molar-refractivity contribution is -0.148. The van der Waals surface area contributed by atoms with E-state index in [0.717, 1.165) is 5.56 Å². The van der Waals surface area contributed by atoms with Gasteiger partial charge in [0.2, 0.25) is 0 Å². The fourth-order valence-electron chi connectivity index (χ4n) is 1.22. The van der Waals surface area contributed by atoms with Gasteiger partial charge in [-0.3, -0.25) is 0 Å². The highest BCUT2D eigenvalue weighted by Crippen LogP contribution is 2.00. The Bertz CT molecular complexity index is 393. The number of hydrogen-bond acceptors (Lipinski definition) is 4. The third kappa shape index (κ3) is 4.84. The fraction of sp³-hybridized carbons (Fsp3) is 0.333. The molecular weight excluding hydrogens is 238 g/mol. The summed E-state index contributed by atoms with van der Waals surface area (Å²) in [6, 6.07) is 9.18. The number of nitrogens with one attached hydrogen (secondary N) is 1. The van der Waals surface area contributed by atoms with Gasteiger partial charge in [-0.25, -0.2) is 9.59 Å². The maximum atomic E-state index is 11.3. The summed E-state index contributed by atoms with van der Waals surface area (Å²) in [6.45, 7) is -0.00313. The van der Waals surface area contributed by atoms with E-state index in [2.05, 4.69) is 10.1 Å². The van der Waals surface area contributed by atoms with Crippen molar-refractivity contribution < 1.29 is 24.2 Å². The minimum Gasteiger partial charge on any atom is -0.479 e. The summed E-state index contributed by atoms with van der Waals surface area (Å²) in [7, 11) is 1.26. The van der Waals surface area contributed by atoms with Gasteiger partial charge in [0.05, 0.1) is 6.54 Å². The Hall–Kier alpha value is -2.08. The van der Waals surface area contributed by atoms with Crippen molar-refractivity contribution in [2.75, 3.05) is 13.7 Å². The Morgan fingerprint density at radius 2 is 2.00 bits per heavy atom. The van der Waals surface area contributed by atoms with Gasteiger partial charge in [0.15, 0.2) is 6.10 Å². The number of hydrogen-bond donors (Lipinski definition) is 2. The van der Waals surface area contributed by atoms with Crippen LogP contribution in [-0.4, -0.2) is 36.9 Å². The number of amides is 1. The topological polar surface area (TPSA) is 84.9 Å². The summed E-state index contributed by atoms with van der Waals surface area (Å²) >= 11 is 0. The van der Waals surface area contributed by atoms with Crippen molar-refractivity contribution in [3.8, 4) is 0 Å². The van der Waals surface area contributed by atoms with Crippen LogP contribution in [0.3, 0.4) is 0 Å². The molecule has 98 valence electrons. The van der Waals surface area contributed by atoms with Crippen LogP contribution in [-0.2, 0) is 20.9 Å². The van der Waals surface area contributed by atoms with Crippen molar-refractivity contribution in [3.63, 3.8) is 0 Å². The Morgan fingerprint density at radius 3 is 2.56 bits per heavy atom. The molecular formula is C12H15NO5. The SMILES string of the molecule is COC(CNC(=O)OCc1ccccc1)C(=O)O. The van der Waals surface area contributed by atoms with Crippen LogP contribution in [0.1, 0.15) is 5.56 Å². The molecule has 18 heavy (non-hydrogen) atoms. The van der Waals surface area contributed by atoms with Crippen molar-refractivity contribution in [2.45, 2.75) is 12.7 Å². The number of methoxy groups -OCH3 is 1. The van der Waals surface area contributed by atoms with Crippen molar-refractivity contribution in [3.05, 3.63) is 35.9 Å². The molecule has 0 aliphatic carbocycles. The summed E-state index contributed by atoms with van der Waals surface area (Å²) in [6.07, 6.45) is -1.75. The van der Waals surface area contributed by atoms with Crippen LogP contribution in [0.4, 0.5) is 4.79 Å². The Balaban J connectivity index is 2.28. The van der Waals surface area contributed by atoms with Crippen LogP contribution in [0.15, 0.2) is 30.3 Å². The van der Waals surface area contributed by atoms with E-state index in [9.17, 15) is 9.59 Å². The molecule has 6 heteroatoms. The van der Waals surface area contributed by atoms with Crippen LogP contribution >= 0.6 is 0 Å². The zero-order valence-electron chi connectivity index (χ0n) is 9.96. The molecule has 0 spiro atoms. The second kappa shape index (κ2) is 7.29. The number of carbonyl (C=O) groups is 2. The predicted octanol–water partition coefficient (Wildman–Crippen LogP) is 1.01. The van der Waals surface area contributed by atoms with Crippen molar-refractivity contribution >= 4 is 12.1 Å². The van der Waals surface area contributed by atoms with Crippen LogP contribution < -0.4 is 5.32 Å². The molecule has 2 N–H and O–H groups in total. The third-order valence-electron chi connectivity index (χ3n) is 2.20. The monoisotopic (exact) mass is 253 g/mol. The molecule has 1 amide bonds. The summed E-state index contributed by atoms with van der Waals surface area (Å²) in [5, 5.41) is 11.0. The zero-order valence-corrected chi connectivity index (χ0v) is 9.96. The molecule has 0 fully saturated rings. The number of carbonyl (C=O) groups excluding carboxylic acids is 1. The quantitative estimate of drug-likeness (QED) is 0.790. The van der Waals surface area contributed by atoms with E-state index in [0.29, 0.717) is 0 Å². The molecule has 0 aromatic heterocycles. The first-order valence-corrected chi connectivity index (χ1v) is 5.33. The largest absolute Gasteiger partial charge is 0.479 e. The van der Waals surface area contributed by atoms with Gasteiger partial charge in [-0.1, -0.05) is 30.3 Å². The summed E-state index contributed by atoms with van der Waals surface area (Å²) < 4.78 is 9.56. The normalized spacial score (nSPS) is 11.6. The minimum absolute atomic E-state index is 0.136. The lowest BCUT2D eigenvalue weighted by atomic mass is 10.2. The summed E-state index contributed by atoms with van der Waals surface area (Å²) in [5.41, 5.74) is 0.856. The molecule has 0 radical (unpaired) electrons. The molecule has 1 rings (SSSR count). The van der Waals surface area contributed by atoms with Crippen LogP contribution in [0.25, 0.3) is 0 Å². The van der Waals surface area contributed by atoms with E-state index < -0.39 is 18.2 Å². The number of ether oxygens (including phenoxy) is 2. The van der Waals surface area contributed by atoms with Crippen LogP contribution in [0.5, 0.6) is 0 Å². The molecule has 0 bridgehead atoms. The number of aliphatic carboxylic acids is 1. The van der Waals surface area contributed by atoms with Gasteiger partial charge in [0.1, 0.15) is 6.61 Å². The molecule has 1 atom stereocenters. The van der Waals surface area contributed by atoms with Crippen LogP contribution in [0, 0.1) is 0 Å². The Kier molecular flexibility index (Phi) is 5.66. The van der Waals surface area contributed by atoms with E-state index >= 15 is 0 Å². The van der Waals surface area contributed by atoms with Gasteiger partial charge >= 0.3 is 12.1 Å². The fourth-order valence-corrected chi connectivity index (χ4v) is 1.22. The minimum atomic E-state index is -1.14. The highest BCUT2D eigenvalue weighted by atomic mass is 16.5. The van der Waals surface area contributed by atoms with Gasteiger partial charge < -0.3 is 19.9 Å². The first-order chi connectivity index (χ1) is 8.63. The van der Waals surface area contributed by atoms with E-state index in [1.807, 2.05) is 30.3 Å². The molecule has 0 aliphatic heterocycles. The van der Waals surface area contributed by atoms with E-state index in [1.165, 1.54) is 7.11 Å². The molecule has 0 saturated heterocycles. The average Bonchev–Trinajstić information content (AvgIpc) is 2.38. The summed E-state index contributed by atoms with van der Waals surface area (Å²) in [5.74, 6) is -1.14. The zero-order chi connectivity index (χ0) is 13.4. The lowest BCUT2D eigenvalue weighted by Gasteiger charge is -2.11. The smallest absolute Gasteiger partial charge is 0.407 e. The van der Waals surface area contributed by atoms with Crippen molar-refractivity contribution in [1.29, 1.82) is 0 Å². The summed E-state index contributed by atoms with van der Waals surface area (Å²) in [4.78, 5) is 21.9. The number of carboxylic acids is 1. The molecule has 6 nitrogen and oxygen atoms in total. The van der Waals surface area contributed by atoms with E-state index in [4.69, 9.17) is 9.84 Å². The average molecular weight is 253 g/mol. The number of benzene rings is 1. The van der Waals surface area contributed by atoms with E-state index in [1.54, 1.807) is 0 Å². The third-order valence-corrected chi connectivity index (χ3v) is 2.20. The first kappa shape index (κ1) is 14.0. The second-order valence-corrected chi connectivity index (χ2v) is 3.51. The van der Waals surface area contributed by atoms with Gasteiger partial charge in [-0.15, -0.1) is 0 Å². The predicted molar refractivity (Wildman–Crippen MR) is 63.1 cm³/mol. The van der Waals surface area contributed by atoms with Crippen molar-refractivity contribution in [2.24, 2.45) is 0 Å². The standard InChI is InChI=1S/C12H15NO5/c1-17-10(11(14)15)7-13-12(16)18-8-9-5-3-2-4-6-9/h2-6,10H,7-8H2,1H3,(H,13,16)(H,14,15). The highest BCUT2D eigenvalue weighted by molar-refractivity contribution is 5.74. The Morgan fingerprint density at radius 1 is 1.33 bits per heavy atom. The maximum Gasteiger partial charge on any atom is 0.407 e. The molecule has 1 aromatic rings. The molecule has 0 heterocycles. The van der Waals surface area contributed by atoms with Gasteiger partial charge in [-0.05, 0) is 5.56 Å². The number of rotatable bonds is 6. The molecule has 1 aromatic carbocycles. The number of carboxylic acid groups (broad SMARTS) is 1. The van der Waals surface area contributed by atoms with Gasteiger partial charge in [0, 0.05) is 7.11 Å². The molecule has 0 saturated carbocycles. The highest BCUT2D eigenvalue weighted by Gasteiger charge is 2.17.